The monoisotopic (exact) mass is 292 g/mol. The molecular formula is C15H20N2O4. The Labute approximate surface area is 123 Å². The molecule has 1 aromatic rings. The molecule has 6 nitrogen and oxygen atoms in total. The van der Waals surface area contributed by atoms with Crippen molar-refractivity contribution in [1.29, 1.82) is 0 Å². The molecule has 0 fully saturated rings. The maximum Gasteiger partial charge on any atom is 0.326 e. The van der Waals surface area contributed by atoms with Crippen molar-refractivity contribution < 1.29 is 19.5 Å². The molecule has 0 aliphatic rings. The van der Waals surface area contributed by atoms with Crippen molar-refractivity contribution in [2.75, 3.05) is 12.4 Å². The van der Waals surface area contributed by atoms with Crippen molar-refractivity contribution >= 4 is 23.5 Å². The normalized spacial score (nSPS) is 11.9. The van der Waals surface area contributed by atoms with Crippen LogP contribution in [0, 0.1) is 5.92 Å². The summed E-state index contributed by atoms with van der Waals surface area (Å²) in [7, 11) is 1.44. The number of likely N-dealkylation sites (N-methyl/N-ethyl adjacent to an activating group) is 1. The van der Waals surface area contributed by atoms with Gasteiger partial charge in [-0.05, 0) is 31.2 Å². The van der Waals surface area contributed by atoms with Gasteiger partial charge in [-0.1, -0.05) is 13.8 Å². The smallest absolute Gasteiger partial charge is 0.326 e. The second-order valence-corrected chi connectivity index (χ2v) is 5.15. The molecule has 1 aromatic carbocycles. The van der Waals surface area contributed by atoms with E-state index in [-0.39, 0.29) is 17.7 Å². The molecule has 2 amide bonds. The van der Waals surface area contributed by atoms with Gasteiger partial charge in [0.1, 0.15) is 6.04 Å². The highest BCUT2D eigenvalue weighted by Crippen LogP contribution is 2.13. The number of benzene rings is 1. The molecule has 0 bridgehead atoms. The van der Waals surface area contributed by atoms with Crippen LogP contribution in [0.2, 0.25) is 0 Å². The van der Waals surface area contributed by atoms with Gasteiger partial charge < -0.3 is 15.3 Å². The molecular weight excluding hydrogens is 272 g/mol. The molecule has 0 heterocycles. The average molecular weight is 292 g/mol. The number of aliphatic carboxylic acids is 1. The van der Waals surface area contributed by atoms with Gasteiger partial charge in [-0.25, -0.2) is 4.79 Å². The van der Waals surface area contributed by atoms with Crippen molar-refractivity contribution in [3.63, 3.8) is 0 Å². The predicted molar refractivity (Wildman–Crippen MR) is 79.1 cm³/mol. The van der Waals surface area contributed by atoms with Gasteiger partial charge in [-0.2, -0.15) is 0 Å². The molecule has 1 unspecified atom stereocenters. The van der Waals surface area contributed by atoms with Gasteiger partial charge in [-0.15, -0.1) is 0 Å². The van der Waals surface area contributed by atoms with E-state index in [4.69, 9.17) is 5.11 Å². The van der Waals surface area contributed by atoms with Crippen LogP contribution in [-0.4, -0.2) is 40.9 Å². The van der Waals surface area contributed by atoms with E-state index in [1.807, 2.05) is 0 Å². The molecule has 0 aliphatic carbocycles. The highest BCUT2D eigenvalue weighted by Gasteiger charge is 2.22. The summed E-state index contributed by atoms with van der Waals surface area (Å²) in [4.78, 5) is 35.7. The van der Waals surface area contributed by atoms with Crippen molar-refractivity contribution in [3.8, 4) is 0 Å². The summed E-state index contributed by atoms with van der Waals surface area (Å²) in [5, 5.41) is 11.6. The lowest BCUT2D eigenvalue weighted by atomic mass is 10.1. The number of anilines is 1. The minimum absolute atomic E-state index is 0.106. The van der Waals surface area contributed by atoms with Crippen LogP contribution in [0.4, 0.5) is 5.69 Å². The van der Waals surface area contributed by atoms with Crippen LogP contribution < -0.4 is 5.32 Å². The zero-order chi connectivity index (χ0) is 16.2. The third-order valence-corrected chi connectivity index (χ3v) is 3.18. The standard InChI is InChI=1S/C15H20N2O4/c1-9(2)13(18)16-12-7-5-11(6-8-12)14(19)17(4)10(3)15(20)21/h5-10H,1-4H3,(H,16,18)(H,20,21). The first-order valence-corrected chi connectivity index (χ1v) is 6.65. The van der Waals surface area contributed by atoms with Gasteiger partial charge in [-0.3, -0.25) is 9.59 Å². The van der Waals surface area contributed by atoms with Crippen LogP contribution in [0.1, 0.15) is 31.1 Å². The molecule has 0 radical (unpaired) electrons. The molecule has 0 aliphatic heterocycles. The van der Waals surface area contributed by atoms with E-state index in [0.717, 1.165) is 4.90 Å². The van der Waals surface area contributed by atoms with Crippen LogP contribution >= 0.6 is 0 Å². The van der Waals surface area contributed by atoms with Crippen LogP contribution in [0.5, 0.6) is 0 Å². The highest BCUT2D eigenvalue weighted by atomic mass is 16.4. The molecule has 0 spiro atoms. The molecule has 114 valence electrons. The Hall–Kier alpha value is -2.37. The first-order chi connectivity index (χ1) is 9.73. The van der Waals surface area contributed by atoms with Gasteiger partial charge in [0.15, 0.2) is 0 Å². The summed E-state index contributed by atoms with van der Waals surface area (Å²) >= 11 is 0. The van der Waals surface area contributed by atoms with Crippen LogP contribution in [0.25, 0.3) is 0 Å². The third kappa shape index (κ3) is 4.30. The summed E-state index contributed by atoms with van der Waals surface area (Å²) in [5.74, 6) is -1.68. The molecule has 2 N–H and O–H groups in total. The fraction of sp³-hybridized carbons (Fsp3) is 0.400. The number of hydrogen-bond acceptors (Lipinski definition) is 3. The lowest BCUT2D eigenvalue weighted by Crippen LogP contribution is -2.40. The zero-order valence-electron chi connectivity index (χ0n) is 12.6. The summed E-state index contributed by atoms with van der Waals surface area (Å²) in [5.41, 5.74) is 0.965. The van der Waals surface area contributed by atoms with Gasteiger partial charge >= 0.3 is 5.97 Å². The lowest BCUT2D eigenvalue weighted by molar-refractivity contribution is -0.141. The van der Waals surface area contributed by atoms with E-state index < -0.39 is 12.0 Å². The van der Waals surface area contributed by atoms with Crippen LogP contribution in [0.15, 0.2) is 24.3 Å². The Bertz CT molecular complexity index is 537. The van der Waals surface area contributed by atoms with Crippen LogP contribution in [-0.2, 0) is 9.59 Å². The van der Waals surface area contributed by atoms with E-state index in [9.17, 15) is 14.4 Å². The molecule has 0 saturated carbocycles. The molecule has 6 heteroatoms. The van der Waals surface area contributed by atoms with E-state index in [1.165, 1.54) is 14.0 Å². The van der Waals surface area contributed by atoms with Crippen molar-refractivity contribution in [2.45, 2.75) is 26.8 Å². The topological polar surface area (TPSA) is 86.7 Å². The maximum absolute atomic E-state index is 12.1. The van der Waals surface area contributed by atoms with E-state index >= 15 is 0 Å². The van der Waals surface area contributed by atoms with Gasteiger partial charge in [0.2, 0.25) is 5.91 Å². The Morgan fingerprint density at radius 2 is 1.62 bits per heavy atom. The zero-order valence-corrected chi connectivity index (χ0v) is 12.6. The fourth-order valence-electron chi connectivity index (χ4n) is 1.53. The number of rotatable bonds is 5. The molecule has 1 rings (SSSR count). The fourth-order valence-corrected chi connectivity index (χ4v) is 1.53. The number of carboxylic acids is 1. The summed E-state index contributed by atoms with van der Waals surface area (Å²) in [6.07, 6.45) is 0. The van der Waals surface area contributed by atoms with E-state index in [2.05, 4.69) is 5.32 Å². The molecule has 1 atom stereocenters. The van der Waals surface area contributed by atoms with Gasteiger partial charge in [0.05, 0.1) is 0 Å². The molecule has 0 aromatic heterocycles. The summed E-state index contributed by atoms with van der Waals surface area (Å²) in [6.45, 7) is 5.02. The number of amides is 2. The van der Waals surface area contributed by atoms with E-state index in [1.54, 1.807) is 38.1 Å². The summed E-state index contributed by atoms with van der Waals surface area (Å²) < 4.78 is 0. The quantitative estimate of drug-likeness (QED) is 0.866. The average Bonchev–Trinajstić information content (AvgIpc) is 2.45. The van der Waals surface area contributed by atoms with Crippen molar-refractivity contribution in [2.24, 2.45) is 5.92 Å². The first kappa shape index (κ1) is 16.7. The van der Waals surface area contributed by atoms with Gasteiger partial charge in [0.25, 0.3) is 5.91 Å². The van der Waals surface area contributed by atoms with Gasteiger partial charge in [0, 0.05) is 24.2 Å². The minimum atomic E-state index is -1.06. The van der Waals surface area contributed by atoms with Crippen molar-refractivity contribution in [1.82, 2.24) is 4.90 Å². The number of carboxylic acid groups (broad SMARTS) is 1. The minimum Gasteiger partial charge on any atom is -0.480 e. The van der Waals surface area contributed by atoms with E-state index in [0.29, 0.717) is 11.3 Å². The molecule has 0 saturated heterocycles. The lowest BCUT2D eigenvalue weighted by Gasteiger charge is -2.21. The Balaban J connectivity index is 2.80. The predicted octanol–water partition coefficient (Wildman–Crippen LogP) is 1.83. The van der Waals surface area contributed by atoms with Crippen molar-refractivity contribution in [3.05, 3.63) is 29.8 Å². The maximum atomic E-state index is 12.1. The number of carbonyl (C=O) groups is 3. The number of carbonyl (C=O) groups excluding carboxylic acids is 2. The number of nitrogens with zero attached hydrogens (tertiary/aromatic N) is 1. The number of hydrogen-bond donors (Lipinski definition) is 2. The Morgan fingerprint density at radius 1 is 1.10 bits per heavy atom. The second-order valence-electron chi connectivity index (χ2n) is 5.15. The third-order valence-electron chi connectivity index (χ3n) is 3.18. The van der Waals surface area contributed by atoms with Crippen LogP contribution in [0.3, 0.4) is 0 Å². The largest absolute Gasteiger partial charge is 0.480 e. The highest BCUT2D eigenvalue weighted by molar-refractivity contribution is 5.97. The first-order valence-electron chi connectivity index (χ1n) is 6.65. The Morgan fingerprint density at radius 3 is 2.05 bits per heavy atom. The molecule has 21 heavy (non-hydrogen) atoms. The second kappa shape index (κ2) is 6.88. The number of nitrogens with one attached hydrogen (secondary N) is 1. The Kier molecular flexibility index (Phi) is 5.46. The summed E-state index contributed by atoms with van der Waals surface area (Å²) in [6, 6.07) is 5.45. The SMILES string of the molecule is CC(C)C(=O)Nc1ccc(C(=O)N(C)C(C)C(=O)O)cc1.